The van der Waals surface area contributed by atoms with E-state index in [1.165, 1.54) is 11.3 Å². The molecule has 1 aromatic heterocycles. The van der Waals surface area contributed by atoms with Gasteiger partial charge in [0.1, 0.15) is 5.01 Å². The van der Waals surface area contributed by atoms with E-state index < -0.39 is 0 Å². The first-order valence-electron chi connectivity index (χ1n) is 5.46. The first-order chi connectivity index (χ1) is 9.08. The average Bonchev–Trinajstić information content (AvgIpc) is 2.81. The Morgan fingerprint density at radius 1 is 1.42 bits per heavy atom. The minimum absolute atomic E-state index is 0.180. The lowest BCUT2D eigenvalue weighted by molar-refractivity contribution is -0.115. The van der Waals surface area contributed by atoms with Gasteiger partial charge in [-0.2, -0.15) is 0 Å². The number of hydrogen-bond acceptors (Lipinski definition) is 4. The number of thiazole rings is 1. The molecule has 100 valence electrons. The smallest absolute Gasteiger partial charge is 0.230 e. The molecule has 0 unspecified atom stereocenters. The SMILES string of the molecule is NCc1nc(CC(=O)Nc2cc(Cl)ccc2Cl)cs1. The molecule has 0 fully saturated rings. The topological polar surface area (TPSA) is 68.0 Å². The Bertz CT molecular complexity index is 600. The van der Waals surface area contributed by atoms with Gasteiger partial charge in [-0.15, -0.1) is 11.3 Å². The van der Waals surface area contributed by atoms with Gasteiger partial charge in [-0.05, 0) is 18.2 Å². The molecular weight excluding hydrogens is 305 g/mol. The highest BCUT2D eigenvalue weighted by Crippen LogP contribution is 2.25. The Morgan fingerprint density at radius 2 is 2.21 bits per heavy atom. The van der Waals surface area contributed by atoms with E-state index in [4.69, 9.17) is 28.9 Å². The fraction of sp³-hybridized carbons (Fsp3) is 0.167. The second kappa shape index (κ2) is 6.34. The van der Waals surface area contributed by atoms with Crippen molar-refractivity contribution in [3.63, 3.8) is 0 Å². The van der Waals surface area contributed by atoms with E-state index in [9.17, 15) is 4.79 Å². The number of halogens is 2. The van der Waals surface area contributed by atoms with Gasteiger partial charge in [-0.1, -0.05) is 23.2 Å². The Kier molecular flexibility index (Phi) is 4.76. The second-order valence-electron chi connectivity index (χ2n) is 3.79. The zero-order valence-electron chi connectivity index (χ0n) is 9.82. The summed E-state index contributed by atoms with van der Waals surface area (Å²) in [5.41, 5.74) is 6.66. The van der Waals surface area contributed by atoms with Crippen LogP contribution >= 0.6 is 34.5 Å². The molecule has 2 aromatic rings. The number of nitrogens with one attached hydrogen (secondary N) is 1. The van der Waals surface area contributed by atoms with Crippen molar-refractivity contribution in [1.82, 2.24) is 4.98 Å². The van der Waals surface area contributed by atoms with Crippen LogP contribution in [0, 0.1) is 0 Å². The highest BCUT2D eigenvalue weighted by molar-refractivity contribution is 7.09. The van der Waals surface area contributed by atoms with Crippen molar-refractivity contribution in [2.45, 2.75) is 13.0 Å². The molecule has 0 atom stereocenters. The number of hydrogen-bond donors (Lipinski definition) is 2. The lowest BCUT2D eigenvalue weighted by atomic mass is 10.3. The minimum atomic E-state index is -0.196. The van der Waals surface area contributed by atoms with Crippen LogP contribution in [0.25, 0.3) is 0 Å². The Labute approximate surface area is 124 Å². The molecule has 2 rings (SSSR count). The normalized spacial score (nSPS) is 10.5. The lowest BCUT2D eigenvalue weighted by Gasteiger charge is -2.06. The Morgan fingerprint density at radius 3 is 2.89 bits per heavy atom. The van der Waals surface area contributed by atoms with Gasteiger partial charge in [-0.3, -0.25) is 4.79 Å². The largest absolute Gasteiger partial charge is 0.325 e. The van der Waals surface area contributed by atoms with Crippen molar-refractivity contribution in [1.29, 1.82) is 0 Å². The number of carbonyl (C=O) groups excluding carboxylic acids is 1. The second-order valence-corrected chi connectivity index (χ2v) is 5.57. The summed E-state index contributed by atoms with van der Waals surface area (Å²) in [4.78, 5) is 16.1. The number of nitrogens with two attached hydrogens (primary N) is 1. The molecule has 19 heavy (non-hydrogen) atoms. The maximum Gasteiger partial charge on any atom is 0.230 e. The predicted molar refractivity (Wildman–Crippen MR) is 78.8 cm³/mol. The summed E-state index contributed by atoms with van der Waals surface area (Å²) in [5.74, 6) is -0.196. The van der Waals surface area contributed by atoms with Crippen LogP contribution in [-0.2, 0) is 17.8 Å². The Hall–Kier alpha value is -1.14. The van der Waals surface area contributed by atoms with Gasteiger partial charge in [0.25, 0.3) is 0 Å². The highest BCUT2D eigenvalue weighted by atomic mass is 35.5. The van der Waals surface area contributed by atoms with Crippen molar-refractivity contribution in [3.8, 4) is 0 Å². The van der Waals surface area contributed by atoms with Crippen LogP contribution in [0.1, 0.15) is 10.7 Å². The zero-order valence-corrected chi connectivity index (χ0v) is 12.1. The molecule has 0 aliphatic carbocycles. The van der Waals surface area contributed by atoms with Crippen molar-refractivity contribution < 1.29 is 4.79 Å². The standard InChI is InChI=1S/C12H11Cl2N3OS/c13-7-1-2-9(14)10(3-7)17-11(18)4-8-6-19-12(5-15)16-8/h1-3,6H,4-5,15H2,(H,17,18). The van der Waals surface area contributed by atoms with E-state index in [1.807, 2.05) is 5.38 Å². The fourth-order valence-corrected chi connectivity index (χ4v) is 2.49. The number of nitrogens with zero attached hydrogens (tertiary/aromatic N) is 1. The van der Waals surface area contributed by atoms with Crippen LogP contribution in [0.5, 0.6) is 0 Å². The number of anilines is 1. The van der Waals surface area contributed by atoms with Gasteiger partial charge in [0.2, 0.25) is 5.91 Å². The molecule has 0 bridgehead atoms. The molecule has 4 nitrogen and oxygen atoms in total. The molecule has 0 aliphatic rings. The highest BCUT2D eigenvalue weighted by Gasteiger charge is 2.09. The molecule has 0 aliphatic heterocycles. The van der Waals surface area contributed by atoms with Gasteiger partial charge in [0.15, 0.2) is 0 Å². The molecule has 0 radical (unpaired) electrons. The molecule has 1 amide bonds. The van der Waals surface area contributed by atoms with Crippen molar-refractivity contribution in [2.75, 3.05) is 5.32 Å². The molecule has 1 aromatic carbocycles. The van der Waals surface area contributed by atoms with E-state index in [1.54, 1.807) is 18.2 Å². The summed E-state index contributed by atoms with van der Waals surface area (Å²) < 4.78 is 0. The van der Waals surface area contributed by atoms with Crippen LogP contribution < -0.4 is 11.1 Å². The first-order valence-corrected chi connectivity index (χ1v) is 7.10. The number of aromatic nitrogens is 1. The predicted octanol–water partition coefficient (Wildman–Crippen LogP) is 3.09. The van der Waals surface area contributed by atoms with Crippen LogP contribution in [0.3, 0.4) is 0 Å². The van der Waals surface area contributed by atoms with Gasteiger partial charge in [0, 0.05) is 16.9 Å². The van der Waals surface area contributed by atoms with Crippen LogP contribution in [0.15, 0.2) is 23.6 Å². The zero-order chi connectivity index (χ0) is 13.8. The van der Waals surface area contributed by atoms with Crippen LogP contribution in [0.4, 0.5) is 5.69 Å². The molecule has 3 N–H and O–H groups in total. The van der Waals surface area contributed by atoms with Gasteiger partial charge in [-0.25, -0.2) is 4.98 Å². The average molecular weight is 316 g/mol. The third kappa shape index (κ3) is 3.91. The molecule has 7 heteroatoms. The van der Waals surface area contributed by atoms with Crippen molar-refractivity contribution in [3.05, 3.63) is 44.3 Å². The summed E-state index contributed by atoms with van der Waals surface area (Å²) in [6.07, 6.45) is 0.180. The summed E-state index contributed by atoms with van der Waals surface area (Å²) in [6, 6.07) is 4.90. The maximum absolute atomic E-state index is 11.9. The summed E-state index contributed by atoms with van der Waals surface area (Å²) in [7, 11) is 0. The van der Waals surface area contributed by atoms with Crippen LogP contribution in [-0.4, -0.2) is 10.9 Å². The number of rotatable bonds is 4. The lowest BCUT2D eigenvalue weighted by Crippen LogP contribution is -2.15. The number of benzene rings is 1. The monoisotopic (exact) mass is 315 g/mol. The third-order valence-electron chi connectivity index (χ3n) is 2.32. The number of carbonyl (C=O) groups is 1. The quantitative estimate of drug-likeness (QED) is 0.911. The Balaban J connectivity index is 2.03. The summed E-state index contributed by atoms with van der Waals surface area (Å²) >= 11 is 13.3. The molecule has 0 saturated carbocycles. The van der Waals surface area contributed by atoms with Gasteiger partial charge < -0.3 is 11.1 Å². The summed E-state index contributed by atoms with van der Waals surface area (Å²) in [6.45, 7) is 0.381. The van der Waals surface area contributed by atoms with Crippen molar-refractivity contribution >= 4 is 46.1 Å². The first kappa shape index (κ1) is 14.3. The molecule has 1 heterocycles. The third-order valence-corrected chi connectivity index (χ3v) is 3.80. The van der Waals surface area contributed by atoms with E-state index in [0.717, 1.165) is 5.01 Å². The van der Waals surface area contributed by atoms with Crippen molar-refractivity contribution in [2.24, 2.45) is 5.73 Å². The fourth-order valence-electron chi connectivity index (χ4n) is 1.48. The molecular formula is C12H11Cl2N3OS. The summed E-state index contributed by atoms with van der Waals surface area (Å²) in [5, 5.41) is 6.29. The van der Waals surface area contributed by atoms with Gasteiger partial charge >= 0.3 is 0 Å². The maximum atomic E-state index is 11.9. The molecule has 0 saturated heterocycles. The van der Waals surface area contributed by atoms with E-state index in [2.05, 4.69) is 10.3 Å². The van der Waals surface area contributed by atoms with Crippen LogP contribution in [0.2, 0.25) is 10.0 Å². The molecule has 0 spiro atoms. The van der Waals surface area contributed by atoms with Gasteiger partial charge in [0.05, 0.1) is 22.8 Å². The van der Waals surface area contributed by atoms with E-state index in [0.29, 0.717) is 28.0 Å². The minimum Gasteiger partial charge on any atom is -0.325 e. The van der Waals surface area contributed by atoms with E-state index >= 15 is 0 Å². The van der Waals surface area contributed by atoms with E-state index in [-0.39, 0.29) is 12.3 Å². The number of amides is 1.